The molecule has 0 bridgehead atoms. The Labute approximate surface area is 359 Å². The first-order valence-corrected chi connectivity index (χ1v) is 22.0. The van der Waals surface area contributed by atoms with Gasteiger partial charge >= 0.3 is 6.03 Å². The Balaban J connectivity index is 0.633. The number of nitrogens with zero attached hydrogens (tertiary/aromatic N) is 10. The highest BCUT2D eigenvalue weighted by Gasteiger charge is 2.30. The fourth-order valence-electron chi connectivity index (χ4n) is 9.63. The van der Waals surface area contributed by atoms with Crippen molar-refractivity contribution in [3.05, 3.63) is 66.2 Å². The van der Waals surface area contributed by atoms with E-state index in [0.717, 1.165) is 102 Å². The van der Waals surface area contributed by atoms with Crippen LogP contribution >= 0.6 is 0 Å². The SMILES string of the molecule is Cn1nc(N2CCC(=O)NC2=O)c2ccc(C#CCN3CCC(CN4CCC(CN5CCC(Oc6cccc(-c7onc8ccc(-c9nn[nH]n9)cc78)c6)CC5)CC4)CC3)cc21. The monoisotopic (exact) mass is 836 g/mol. The molecule has 10 rings (SSSR count). The fourth-order valence-corrected chi connectivity index (χ4v) is 9.63. The molecule has 4 aliphatic heterocycles. The fraction of sp³-hybridized carbons (Fsp3) is 0.457. The molecule has 0 unspecified atom stereocenters. The van der Waals surface area contributed by atoms with Gasteiger partial charge in [0.25, 0.3) is 0 Å². The first-order chi connectivity index (χ1) is 30.4. The number of ether oxygens (including phenoxy) is 1. The maximum atomic E-state index is 12.4. The molecule has 0 atom stereocenters. The second-order valence-electron chi connectivity index (χ2n) is 17.3. The minimum absolute atomic E-state index is 0.197. The van der Waals surface area contributed by atoms with Crippen LogP contribution in [-0.2, 0) is 11.8 Å². The van der Waals surface area contributed by atoms with Crippen molar-refractivity contribution >= 4 is 39.6 Å². The van der Waals surface area contributed by atoms with E-state index in [0.29, 0.717) is 23.9 Å². The summed E-state index contributed by atoms with van der Waals surface area (Å²) in [5, 5.41) is 27.4. The van der Waals surface area contributed by atoms with Gasteiger partial charge in [0.1, 0.15) is 17.4 Å². The summed E-state index contributed by atoms with van der Waals surface area (Å²) >= 11 is 0. The predicted molar refractivity (Wildman–Crippen MR) is 234 cm³/mol. The summed E-state index contributed by atoms with van der Waals surface area (Å²) in [6, 6.07) is 19.5. The molecule has 16 nitrogen and oxygen atoms in total. The normalized spacial score (nSPS) is 19.3. The number of anilines is 1. The molecule has 3 amide bonds. The summed E-state index contributed by atoms with van der Waals surface area (Å²) in [5.41, 5.74) is 4.38. The number of benzene rings is 3. The number of rotatable bonds is 10. The van der Waals surface area contributed by atoms with Crippen LogP contribution in [0.1, 0.15) is 50.5 Å². The van der Waals surface area contributed by atoms with Crippen molar-refractivity contribution in [2.24, 2.45) is 18.9 Å². The summed E-state index contributed by atoms with van der Waals surface area (Å²) < 4.78 is 14.1. The lowest BCUT2D eigenvalue weighted by Crippen LogP contribution is -2.49. The zero-order valence-corrected chi connectivity index (χ0v) is 35.1. The van der Waals surface area contributed by atoms with Gasteiger partial charge in [-0.05, 0) is 130 Å². The Bertz CT molecular complexity index is 2600. The van der Waals surface area contributed by atoms with Crippen LogP contribution in [0.4, 0.5) is 10.6 Å². The second-order valence-corrected chi connectivity index (χ2v) is 17.3. The number of urea groups is 1. The number of hydrogen-bond donors (Lipinski definition) is 2. The molecule has 4 fully saturated rings. The third-order valence-corrected chi connectivity index (χ3v) is 13.1. The summed E-state index contributed by atoms with van der Waals surface area (Å²) in [4.78, 5) is 33.4. The summed E-state index contributed by atoms with van der Waals surface area (Å²) in [6.45, 7) is 10.2. The molecule has 7 heterocycles. The van der Waals surface area contributed by atoms with Crippen LogP contribution in [0.25, 0.3) is 44.5 Å². The third-order valence-electron chi connectivity index (χ3n) is 13.1. The van der Waals surface area contributed by atoms with Crippen molar-refractivity contribution in [3.8, 4) is 40.3 Å². The first kappa shape index (κ1) is 40.0. The molecule has 0 saturated carbocycles. The molecule has 0 aliphatic carbocycles. The number of aromatic amines is 1. The smallest absolute Gasteiger partial charge is 0.329 e. The number of nitrogens with one attached hydrogen (secondary N) is 2. The Morgan fingerprint density at radius 2 is 1.56 bits per heavy atom. The van der Waals surface area contributed by atoms with Gasteiger partial charge in [-0.1, -0.05) is 29.1 Å². The topological polar surface area (TPSA) is 167 Å². The van der Waals surface area contributed by atoms with Gasteiger partial charge in [0.05, 0.1) is 17.4 Å². The molecule has 3 aromatic carbocycles. The van der Waals surface area contributed by atoms with Crippen molar-refractivity contribution in [2.45, 2.75) is 51.0 Å². The van der Waals surface area contributed by atoms with Gasteiger partial charge in [-0.3, -0.25) is 24.6 Å². The number of hydrogen-bond acceptors (Lipinski definition) is 12. The number of tetrazole rings is 1. The van der Waals surface area contributed by atoms with E-state index < -0.39 is 6.03 Å². The minimum Gasteiger partial charge on any atom is -0.490 e. The largest absolute Gasteiger partial charge is 0.490 e. The molecule has 320 valence electrons. The molecule has 2 N–H and O–H groups in total. The van der Waals surface area contributed by atoms with Crippen LogP contribution in [-0.4, -0.2) is 134 Å². The molecule has 16 heteroatoms. The number of aromatic nitrogens is 7. The van der Waals surface area contributed by atoms with Crippen LogP contribution in [0.3, 0.4) is 0 Å². The summed E-state index contributed by atoms with van der Waals surface area (Å²) in [6.07, 6.45) is 7.54. The number of likely N-dealkylation sites (tertiary alicyclic amines) is 3. The maximum Gasteiger partial charge on any atom is 0.329 e. The van der Waals surface area contributed by atoms with Crippen molar-refractivity contribution in [1.82, 2.24) is 55.6 Å². The van der Waals surface area contributed by atoms with Crippen LogP contribution in [0.2, 0.25) is 0 Å². The van der Waals surface area contributed by atoms with Crippen LogP contribution in [0.5, 0.6) is 5.75 Å². The number of H-pyrrole nitrogens is 1. The van der Waals surface area contributed by atoms with Gasteiger partial charge in [-0.15, -0.1) is 10.2 Å². The highest BCUT2D eigenvalue weighted by molar-refractivity contribution is 6.09. The van der Waals surface area contributed by atoms with E-state index in [4.69, 9.17) is 9.26 Å². The number of imide groups is 1. The molecular weight excluding hydrogens is 785 g/mol. The Morgan fingerprint density at radius 1 is 0.806 bits per heavy atom. The maximum absolute atomic E-state index is 12.4. The zero-order valence-electron chi connectivity index (χ0n) is 35.1. The third kappa shape index (κ3) is 8.78. The lowest BCUT2D eigenvalue weighted by Gasteiger charge is -2.39. The molecule has 3 aromatic heterocycles. The Hall–Kier alpha value is -6.15. The Kier molecular flexibility index (Phi) is 11.4. The van der Waals surface area contributed by atoms with Crippen molar-refractivity contribution in [1.29, 1.82) is 0 Å². The van der Waals surface area contributed by atoms with Gasteiger partial charge in [-0.25, -0.2) is 4.79 Å². The van der Waals surface area contributed by atoms with E-state index in [-0.39, 0.29) is 18.4 Å². The van der Waals surface area contributed by atoms with Crippen molar-refractivity contribution < 1.29 is 18.8 Å². The van der Waals surface area contributed by atoms with Crippen LogP contribution < -0.4 is 15.0 Å². The number of carbonyl (C=O) groups is 2. The van der Waals surface area contributed by atoms with Crippen molar-refractivity contribution in [2.75, 3.05) is 70.3 Å². The highest BCUT2D eigenvalue weighted by atomic mass is 16.5. The molecule has 0 radical (unpaired) electrons. The average molecular weight is 837 g/mol. The lowest BCUT2D eigenvalue weighted by atomic mass is 9.92. The number of carbonyl (C=O) groups excluding carboxylic acids is 2. The van der Waals surface area contributed by atoms with Crippen LogP contribution in [0.15, 0.2) is 65.2 Å². The first-order valence-electron chi connectivity index (χ1n) is 22.0. The van der Waals surface area contributed by atoms with Gasteiger partial charge in [-0.2, -0.15) is 10.3 Å². The molecule has 4 saturated heterocycles. The van der Waals surface area contributed by atoms with E-state index in [1.807, 2.05) is 61.6 Å². The summed E-state index contributed by atoms with van der Waals surface area (Å²) in [7, 11) is 1.87. The number of fused-ring (bicyclic) bond motifs is 2. The quantitative estimate of drug-likeness (QED) is 0.171. The van der Waals surface area contributed by atoms with E-state index in [1.165, 1.54) is 56.8 Å². The van der Waals surface area contributed by atoms with Crippen molar-refractivity contribution in [3.63, 3.8) is 0 Å². The average Bonchev–Trinajstić information content (AvgIpc) is 4.06. The van der Waals surface area contributed by atoms with Gasteiger partial charge in [0.2, 0.25) is 11.7 Å². The minimum atomic E-state index is -0.428. The van der Waals surface area contributed by atoms with Gasteiger partial charge in [0, 0.05) is 68.3 Å². The number of amides is 3. The molecule has 6 aromatic rings. The molecule has 62 heavy (non-hydrogen) atoms. The second kappa shape index (κ2) is 17.7. The number of aryl methyl sites for hydroxylation is 1. The lowest BCUT2D eigenvalue weighted by molar-refractivity contribution is -0.120. The van der Waals surface area contributed by atoms with E-state index in [9.17, 15) is 9.59 Å². The molecular formula is C46H52N12O4. The standard InChI is InChI=1S/C46H52N12O4/c1-54-41-26-31(7-9-38(41)45(50-54)58-25-17-42(59)47-46(58)60)4-3-18-55-19-11-32(12-20-55)29-56-21-13-33(14-22-56)30-57-23-15-36(16-24-57)61-37-6-2-5-34(27-37)43-39-28-35(44-48-52-53-49-44)8-10-40(39)51-62-43/h2,5-10,26-28,32-33,36H,11-25,29-30H2,1H3,(H,47,59,60)(H,48,49,52,53). The Morgan fingerprint density at radius 3 is 2.31 bits per heavy atom. The predicted octanol–water partition coefficient (Wildman–Crippen LogP) is 5.33. The molecule has 0 spiro atoms. The van der Waals surface area contributed by atoms with E-state index >= 15 is 0 Å². The molecule has 4 aliphatic rings. The van der Waals surface area contributed by atoms with E-state index in [2.05, 4.69) is 68.8 Å². The van der Waals surface area contributed by atoms with E-state index in [1.54, 1.807) is 4.68 Å². The number of piperidine rings is 3. The summed E-state index contributed by atoms with van der Waals surface area (Å²) in [5.74, 6) is 10.7. The van der Waals surface area contributed by atoms with Crippen LogP contribution in [0, 0.1) is 23.7 Å². The highest BCUT2D eigenvalue weighted by Crippen LogP contribution is 2.34. The zero-order chi connectivity index (χ0) is 42.0. The van der Waals surface area contributed by atoms with Gasteiger partial charge in [0.15, 0.2) is 11.6 Å². The van der Waals surface area contributed by atoms with Gasteiger partial charge < -0.3 is 19.1 Å².